The summed E-state index contributed by atoms with van der Waals surface area (Å²) < 4.78 is 21.9. The van der Waals surface area contributed by atoms with Gasteiger partial charge in [-0.1, -0.05) is 47.8 Å². The number of halogens is 3. The zero-order valence-electron chi connectivity index (χ0n) is 19.1. The van der Waals surface area contributed by atoms with Gasteiger partial charge in [-0.15, -0.1) is 0 Å². The van der Waals surface area contributed by atoms with E-state index in [1.165, 1.54) is 6.07 Å². The second-order valence-corrected chi connectivity index (χ2v) is 9.05. The zero-order valence-corrected chi connectivity index (χ0v) is 20.7. The van der Waals surface area contributed by atoms with Gasteiger partial charge >= 0.3 is 0 Å². The number of benzene rings is 3. The third-order valence-electron chi connectivity index (χ3n) is 5.69. The Hall–Kier alpha value is -3.09. The molecule has 0 spiro atoms. The predicted molar refractivity (Wildman–Crippen MR) is 138 cm³/mol. The molecule has 0 aliphatic heterocycles. The molecule has 5 nitrogen and oxygen atoms in total. The maximum Gasteiger partial charge on any atom is 0.257 e. The molecule has 0 saturated heterocycles. The maximum atomic E-state index is 14.4. The quantitative estimate of drug-likeness (QED) is 0.235. The monoisotopic (exact) mass is 513 g/mol. The van der Waals surface area contributed by atoms with Crippen LogP contribution in [0.15, 0.2) is 66.7 Å². The van der Waals surface area contributed by atoms with E-state index in [1.54, 1.807) is 36.4 Å². The molecule has 1 heterocycles. The smallest absolute Gasteiger partial charge is 0.257 e. The van der Waals surface area contributed by atoms with Crippen LogP contribution in [0.2, 0.25) is 10.0 Å². The number of para-hydroxylation sites is 2. The lowest BCUT2D eigenvalue weighted by Gasteiger charge is -2.12. The number of hydrogen-bond acceptors (Lipinski definition) is 3. The summed E-state index contributed by atoms with van der Waals surface area (Å²) >= 11 is 12.1. The highest BCUT2D eigenvalue weighted by Crippen LogP contribution is 2.24. The SMILES string of the molecule is O=C(COc1ccc(Cl)cc1)NCCCCCc1nc2ccccc2n1Cc1c(F)cccc1Cl. The molecule has 0 atom stereocenters. The lowest BCUT2D eigenvalue weighted by molar-refractivity contribution is -0.123. The molecule has 0 saturated carbocycles. The minimum absolute atomic E-state index is 0.0374. The number of unbranched alkanes of at least 4 members (excludes halogenated alkanes) is 2. The Kier molecular flexibility index (Phi) is 8.61. The Morgan fingerprint density at radius 3 is 2.57 bits per heavy atom. The number of hydrogen-bond donors (Lipinski definition) is 1. The van der Waals surface area contributed by atoms with Crippen LogP contribution < -0.4 is 10.1 Å². The zero-order chi connectivity index (χ0) is 24.6. The molecular weight excluding hydrogens is 488 g/mol. The van der Waals surface area contributed by atoms with E-state index in [2.05, 4.69) is 5.32 Å². The number of imidazole rings is 1. The van der Waals surface area contributed by atoms with Gasteiger partial charge in [0.15, 0.2) is 6.61 Å². The molecule has 8 heteroatoms. The van der Waals surface area contributed by atoms with Crippen molar-refractivity contribution in [1.29, 1.82) is 0 Å². The van der Waals surface area contributed by atoms with Crippen molar-refractivity contribution in [1.82, 2.24) is 14.9 Å². The van der Waals surface area contributed by atoms with E-state index >= 15 is 0 Å². The first-order chi connectivity index (χ1) is 17.0. The van der Waals surface area contributed by atoms with Gasteiger partial charge in [0.1, 0.15) is 17.4 Å². The molecule has 0 aliphatic rings. The number of ether oxygens (including phenoxy) is 1. The Balaban J connectivity index is 1.26. The minimum atomic E-state index is -0.322. The van der Waals surface area contributed by atoms with E-state index in [9.17, 15) is 9.18 Å². The van der Waals surface area contributed by atoms with Crippen molar-refractivity contribution in [3.05, 3.63) is 94.0 Å². The van der Waals surface area contributed by atoms with Gasteiger partial charge in [-0.3, -0.25) is 4.79 Å². The highest BCUT2D eigenvalue weighted by molar-refractivity contribution is 6.31. The summed E-state index contributed by atoms with van der Waals surface area (Å²) in [5.41, 5.74) is 2.29. The number of nitrogens with zero attached hydrogens (tertiary/aromatic N) is 2. The molecule has 4 rings (SSSR count). The fraction of sp³-hybridized carbons (Fsp3) is 0.259. The van der Waals surface area contributed by atoms with Crippen LogP contribution in [0.3, 0.4) is 0 Å². The summed E-state index contributed by atoms with van der Waals surface area (Å²) in [4.78, 5) is 16.8. The van der Waals surface area contributed by atoms with E-state index in [0.717, 1.165) is 42.5 Å². The van der Waals surface area contributed by atoms with Crippen LogP contribution in [0.5, 0.6) is 5.75 Å². The average Bonchev–Trinajstić information content (AvgIpc) is 3.20. The highest BCUT2D eigenvalue weighted by Gasteiger charge is 2.14. The summed E-state index contributed by atoms with van der Waals surface area (Å²) in [6.07, 6.45) is 3.40. The van der Waals surface area contributed by atoms with Gasteiger partial charge in [0.2, 0.25) is 0 Å². The van der Waals surface area contributed by atoms with Crippen LogP contribution >= 0.6 is 23.2 Å². The van der Waals surface area contributed by atoms with Crippen molar-refractivity contribution in [2.24, 2.45) is 0 Å². The van der Waals surface area contributed by atoms with Crippen LogP contribution in [0.25, 0.3) is 11.0 Å². The Morgan fingerprint density at radius 1 is 0.971 bits per heavy atom. The van der Waals surface area contributed by atoms with E-state index < -0.39 is 0 Å². The van der Waals surface area contributed by atoms with Crippen molar-refractivity contribution in [2.45, 2.75) is 32.2 Å². The van der Waals surface area contributed by atoms with Gasteiger partial charge < -0.3 is 14.6 Å². The first kappa shape index (κ1) is 25.0. The van der Waals surface area contributed by atoms with Gasteiger partial charge in [-0.25, -0.2) is 9.37 Å². The van der Waals surface area contributed by atoms with Crippen LogP contribution in [-0.4, -0.2) is 28.6 Å². The number of carbonyl (C=O) groups excluding carboxylic acids is 1. The second-order valence-electron chi connectivity index (χ2n) is 8.21. The number of amides is 1. The molecule has 3 aromatic carbocycles. The number of rotatable bonds is 11. The van der Waals surface area contributed by atoms with Gasteiger partial charge in [-0.2, -0.15) is 0 Å². The minimum Gasteiger partial charge on any atom is -0.484 e. The molecule has 0 bridgehead atoms. The molecule has 1 N–H and O–H groups in total. The normalized spacial score (nSPS) is 11.1. The summed E-state index contributed by atoms with van der Waals surface area (Å²) in [7, 11) is 0. The molecule has 0 fully saturated rings. The van der Waals surface area contributed by atoms with Crippen molar-refractivity contribution >= 4 is 40.1 Å². The van der Waals surface area contributed by atoms with Crippen LogP contribution in [0.1, 0.15) is 30.7 Å². The first-order valence-electron chi connectivity index (χ1n) is 11.5. The molecule has 0 unspecified atom stereocenters. The molecule has 4 aromatic rings. The fourth-order valence-corrected chi connectivity index (χ4v) is 4.23. The van der Waals surface area contributed by atoms with Gasteiger partial charge in [-0.05, 0) is 61.4 Å². The van der Waals surface area contributed by atoms with E-state index in [0.29, 0.717) is 34.4 Å². The Bertz CT molecular complexity index is 1270. The fourth-order valence-electron chi connectivity index (χ4n) is 3.88. The van der Waals surface area contributed by atoms with E-state index in [-0.39, 0.29) is 18.3 Å². The molecule has 35 heavy (non-hydrogen) atoms. The average molecular weight is 514 g/mol. The molecule has 1 aromatic heterocycles. The van der Waals surface area contributed by atoms with E-state index in [4.69, 9.17) is 32.9 Å². The Labute approximate surface area is 213 Å². The Morgan fingerprint density at radius 2 is 1.77 bits per heavy atom. The third kappa shape index (κ3) is 6.74. The van der Waals surface area contributed by atoms with Crippen LogP contribution in [0, 0.1) is 5.82 Å². The first-order valence-corrected chi connectivity index (χ1v) is 12.3. The second kappa shape index (κ2) is 12.0. The summed E-state index contributed by atoms with van der Waals surface area (Å²) in [5, 5.41) is 3.90. The predicted octanol–water partition coefficient (Wildman–Crippen LogP) is 6.44. The number of nitrogens with one attached hydrogen (secondary N) is 1. The maximum absolute atomic E-state index is 14.4. The van der Waals surface area contributed by atoms with Crippen molar-refractivity contribution in [3.8, 4) is 5.75 Å². The number of fused-ring (bicyclic) bond motifs is 1. The molecule has 0 radical (unpaired) electrons. The largest absolute Gasteiger partial charge is 0.484 e. The summed E-state index contributed by atoms with van der Waals surface area (Å²) in [6, 6.07) is 19.5. The molecule has 182 valence electrons. The topological polar surface area (TPSA) is 56.1 Å². The van der Waals surface area contributed by atoms with Gasteiger partial charge in [0.05, 0.1) is 17.6 Å². The lowest BCUT2D eigenvalue weighted by atomic mass is 10.1. The van der Waals surface area contributed by atoms with Gasteiger partial charge in [0.25, 0.3) is 5.91 Å². The number of aryl methyl sites for hydroxylation is 1. The van der Waals surface area contributed by atoms with Crippen molar-refractivity contribution < 1.29 is 13.9 Å². The van der Waals surface area contributed by atoms with E-state index in [1.807, 2.05) is 28.8 Å². The number of aromatic nitrogens is 2. The summed E-state index contributed by atoms with van der Waals surface area (Å²) in [6.45, 7) is 0.860. The molecular formula is C27H26Cl2FN3O2. The number of carbonyl (C=O) groups is 1. The van der Waals surface area contributed by atoms with Gasteiger partial charge in [0, 0.05) is 28.6 Å². The lowest BCUT2D eigenvalue weighted by Crippen LogP contribution is -2.29. The van der Waals surface area contributed by atoms with Crippen molar-refractivity contribution in [2.75, 3.05) is 13.2 Å². The molecule has 0 aliphatic carbocycles. The third-order valence-corrected chi connectivity index (χ3v) is 6.30. The highest BCUT2D eigenvalue weighted by atomic mass is 35.5. The standard InChI is InChI=1S/C27H26Cl2FN3O2/c28-19-12-14-20(15-13-19)35-18-27(34)31-16-5-1-2-11-26-32-24-9-3-4-10-25(24)33(26)17-21-22(29)7-6-8-23(21)30/h3-4,6-10,12-15H,1-2,5,11,16-18H2,(H,31,34). The van der Waals surface area contributed by atoms with Crippen LogP contribution in [-0.2, 0) is 17.8 Å². The van der Waals surface area contributed by atoms with Crippen LogP contribution in [0.4, 0.5) is 4.39 Å². The summed E-state index contributed by atoms with van der Waals surface area (Å²) in [5.74, 6) is 1.01. The van der Waals surface area contributed by atoms with Crippen molar-refractivity contribution in [3.63, 3.8) is 0 Å². The molecule has 1 amide bonds.